The minimum absolute atomic E-state index is 0.322. The molecule has 2 heterocycles. The molecule has 0 saturated heterocycles. The Hall–Kier alpha value is -3.32. The fourth-order valence-corrected chi connectivity index (χ4v) is 4.18. The summed E-state index contributed by atoms with van der Waals surface area (Å²) in [5, 5.41) is 11.8. The van der Waals surface area contributed by atoms with Crippen LogP contribution in [-0.2, 0) is 4.74 Å². The zero-order valence-corrected chi connectivity index (χ0v) is 17.2. The van der Waals surface area contributed by atoms with Gasteiger partial charge in [0.05, 0.1) is 11.3 Å². The summed E-state index contributed by atoms with van der Waals surface area (Å²) in [6, 6.07) is 15.6. The van der Waals surface area contributed by atoms with Crippen molar-refractivity contribution in [2.24, 2.45) is 10.2 Å². The number of benzene rings is 2. The number of ether oxygens (including phenoxy) is 1. The number of fused-ring (bicyclic) bond motifs is 2. The molecule has 0 radical (unpaired) electrons. The number of pyridine rings is 1. The molecule has 0 spiro atoms. The third-order valence-corrected chi connectivity index (χ3v) is 5.64. The molecule has 4 aromatic rings. The lowest BCUT2D eigenvalue weighted by molar-refractivity contribution is 0.0532. The Labute approximate surface area is 172 Å². The van der Waals surface area contributed by atoms with Gasteiger partial charge in [0.2, 0.25) is 0 Å². The number of carbonyl (C=O) groups excluding carboxylic acids is 1. The third-order valence-electron chi connectivity index (χ3n) is 4.50. The highest BCUT2D eigenvalue weighted by atomic mass is 32.1. The zero-order chi connectivity index (χ0) is 20.4. The Morgan fingerprint density at radius 3 is 2.72 bits per heavy atom. The van der Waals surface area contributed by atoms with Crippen LogP contribution in [0, 0.1) is 0 Å². The van der Waals surface area contributed by atoms with Crippen LogP contribution in [0.25, 0.3) is 20.9 Å². The van der Waals surface area contributed by atoms with Gasteiger partial charge in [-0.05, 0) is 36.6 Å². The first-order valence-electron chi connectivity index (χ1n) is 9.25. The van der Waals surface area contributed by atoms with Crippen LogP contribution in [0.5, 0.6) is 0 Å². The number of aromatic nitrogens is 1. The molecule has 4 rings (SSSR count). The number of carbonyl (C=O) groups is 1. The number of thiophene rings is 1. The molecular weight excluding hydrogens is 384 g/mol. The van der Waals surface area contributed by atoms with Gasteiger partial charge in [0, 0.05) is 36.8 Å². The van der Waals surface area contributed by atoms with E-state index in [1.807, 2.05) is 67.5 Å². The minimum atomic E-state index is -0.322. The Balaban J connectivity index is 1.82. The maximum absolute atomic E-state index is 12.2. The number of hydrogen-bond donors (Lipinski definition) is 0. The van der Waals surface area contributed by atoms with E-state index in [2.05, 4.69) is 15.2 Å². The largest absolute Gasteiger partial charge is 0.462 e. The van der Waals surface area contributed by atoms with Crippen LogP contribution in [0.2, 0.25) is 0 Å². The smallest absolute Gasteiger partial charge is 0.348 e. The molecule has 0 aliphatic heterocycles. The average Bonchev–Trinajstić information content (AvgIpc) is 3.17. The molecule has 29 heavy (non-hydrogen) atoms. The number of anilines is 1. The van der Waals surface area contributed by atoms with Gasteiger partial charge in [0.1, 0.15) is 10.6 Å². The van der Waals surface area contributed by atoms with Crippen LogP contribution in [0.1, 0.15) is 16.6 Å². The molecule has 2 aromatic heterocycles. The molecule has 0 aliphatic carbocycles. The van der Waals surface area contributed by atoms with Crippen LogP contribution < -0.4 is 4.90 Å². The molecule has 2 aromatic carbocycles. The maximum Gasteiger partial charge on any atom is 0.348 e. The standard InChI is InChI=1S/C22H20N4O2S/c1-4-28-22(27)19-13-16-18(26(2)3)10-9-17(20(16)29-19)24-25-21-15-8-6-5-7-14(15)11-12-23-21/h5-13H,4H2,1-3H3/b25-24+. The van der Waals surface area contributed by atoms with E-state index >= 15 is 0 Å². The van der Waals surface area contributed by atoms with Crippen LogP contribution in [0.3, 0.4) is 0 Å². The van der Waals surface area contributed by atoms with E-state index in [0.29, 0.717) is 23.0 Å². The average molecular weight is 404 g/mol. The third kappa shape index (κ3) is 3.69. The van der Waals surface area contributed by atoms with Gasteiger partial charge >= 0.3 is 5.97 Å². The van der Waals surface area contributed by atoms with Gasteiger partial charge in [-0.25, -0.2) is 9.78 Å². The molecule has 0 fully saturated rings. The lowest BCUT2D eigenvalue weighted by Gasteiger charge is -2.14. The molecule has 0 aliphatic rings. The summed E-state index contributed by atoms with van der Waals surface area (Å²) in [5.74, 6) is 0.243. The molecule has 6 nitrogen and oxygen atoms in total. The molecule has 7 heteroatoms. The quantitative estimate of drug-likeness (QED) is 0.297. The first-order chi connectivity index (χ1) is 14.1. The van der Waals surface area contributed by atoms with E-state index in [4.69, 9.17) is 4.74 Å². The number of esters is 1. The lowest BCUT2D eigenvalue weighted by Crippen LogP contribution is -2.08. The van der Waals surface area contributed by atoms with Crippen LogP contribution in [0.15, 0.2) is 65.0 Å². The monoisotopic (exact) mass is 404 g/mol. The summed E-state index contributed by atoms with van der Waals surface area (Å²) in [6.45, 7) is 2.14. The highest BCUT2D eigenvalue weighted by molar-refractivity contribution is 7.21. The van der Waals surface area contributed by atoms with Crippen molar-refractivity contribution in [3.8, 4) is 0 Å². The van der Waals surface area contributed by atoms with Crippen LogP contribution in [0.4, 0.5) is 17.2 Å². The molecule has 0 unspecified atom stereocenters. The molecule has 0 amide bonds. The first kappa shape index (κ1) is 19.0. The fourth-order valence-electron chi connectivity index (χ4n) is 3.15. The molecule has 0 atom stereocenters. The minimum Gasteiger partial charge on any atom is -0.462 e. The Kier molecular flexibility index (Phi) is 5.22. The summed E-state index contributed by atoms with van der Waals surface area (Å²) >= 11 is 1.37. The van der Waals surface area contributed by atoms with Crippen LogP contribution >= 0.6 is 11.3 Å². The Morgan fingerprint density at radius 2 is 1.93 bits per heavy atom. The number of nitrogens with zero attached hydrogens (tertiary/aromatic N) is 4. The predicted molar refractivity (Wildman–Crippen MR) is 118 cm³/mol. The van der Waals surface area contributed by atoms with Gasteiger partial charge in [-0.1, -0.05) is 24.3 Å². The van der Waals surface area contributed by atoms with Gasteiger partial charge in [0.25, 0.3) is 0 Å². The van der Waals surface area contributed by atoms with Crippen molar-refractivity contribution in [2.45, 2.75) is 6.92 Å². The van der Waals surface area contributed by atoms with E-state index < -0.39 is 0 Å². The summed E-state index contributed by atoms with van der Waals surface area (Å²) < 4.78 is 6.06. The fraction of sp³-hybridized carbons (Fsp3) is 0.182. The summed E-state index contributed by atoms with van der Waals surface area (Å²) in [6.07, 6.45) is 1.73. The highest BCUT2D eigenvalue weighted by Gasteiger charge is 2.17. The van der Waals surface area contributed by atoms with Crippen molar-refractivity contribution in [1.82, 2.24) is 4.98 Å². The Morgan fingerprint density at radius 1 is 1.10 bits per heavy atom. The van der Waals surface area contributed by atoms with Gasteiger partial charge in [0.15, 0.2) is 5.82 Å². The molecule has 146 valence electrons. The SMILES string of the molecule is CCOC(=O)c1cc2c(N(C)C)ccc(/N=N/c3nccc4ccccc34)c2s1. The molecular formula is C22H20N4O2S. The zero-order valence-electron chi connectivity index (χ0n) is 16.4. The van der Waals surface area contributed by atoms with E-state index in [0.717, 1.165) is 26.5 Å². The second kappa shape index (κ2) is 7.97. The van der Waals surface area contributed by atoms with Crippen LogP contribution in [-0.4, -0.2) is 31.7 Å². The summed E-state index contributed by atoms with van der Waals surface area (Å²) in [4.78, 5) is 19.2. The topological polar surface area (TPSA) is 67.2 Å². The number of hydrogen-bond acceptors (Lipinski definition) is 7. The second-order valence-corrected chi connectivity index (χ2v) is 7.68. The van der Waals surface area contributed by atoms with Crippen molar-refractivity contribution in [3.63, 3.8) is 0 Å². The Bertz CT molecular complexity index is 1220. The highest BCUT2D eigenvalue weighted by Crippen LogP contribution is 2.40. The van der Waals surface area contributed by atoms with E-state index in [1.165, 1.54) is 11.3 Å². The van der Waals surface area contributed by atoms with Gasteiger partial charge < -0.3 is 9.64 Å². The van der Waals surface area contributed by atoms with E-state index in [1.54, 1.807) is 13.1 Å². The maximum atomic E-state index is 12.2. The summed E-state index contributed by atoms with van der Waals surface area (Å²) in [5.41, 5.74) is 1.70. The normalized spacial score (nSPS) is 11.4. The van der Waals surface area contributed by atoms with Crippen molar-refractivity contribution in [1.29, 1.82) is 0 Å². The van der Waals surface area contributed by atoms with Crippen molar-refractivity contribution in [2.75, 3.05) is 25.6 Å². The summed E-state index contributed by atoms with van der Waals surface area (Å²) in [7, 11) is 3.94. The van der Waals surface area contributed by atoms with Gasteiger partial charge in [-0.15, -0.1) is 21.6 Å². The molecule has 0 N–H and O–H groups in total. The van der Waals surface area contributed by atoms with Crippen molar-refractivity contribution < 1.29 is 9.53 Å². The molecule has 0 saturated carbocycles. The predicted octanol–water partition coefficient (Wildman–Crippen LogP) is 6.11. The van der Waals surface area contributed by atoms with Gasteiger partial charge in [-0.2, -0.15) is 0 Å². The van der Waals surface area contributed by atoms with E-state index in [9.17, 15) is 4.79 Å². The second-order valence-electron chi connectivity index (χ2n) is 6.63. The van der Waals surface area contributed by atoms with Crippen molar-refractivity contribution >= 4 is 55.4 Å². The molecule has 0 bridgehead atoms. The van der Waals surface area contributed by atoms with Gasteiger partial charge in [-0.3, -0.25) is 0 Å². The van der Waals surface area contributed by atoms with E-state index in [-0.39, 0.29) is 5.97 Å². The van der Waals surface area contributed by atoms with Crippen molar-refractivity contribution in [3.05, 3.63) is 59.6 Å². The number of rotatable bonds is 5. The number of azo groups is 1. The first-order valence-corrected chi connectivity index (χ1v) is 10.1. The lowest BCUT2D eigenvalue weighted by atomic mass is 10.1.